The molecule has 0 aliphatic carbocycles. The molecule has 1 aromatic carbocycles. The number of anilines is 1. The van der Waals surface area contributed by atoms with Gasteiger partial charge in [0.1, 0.15) is 35.8 Å². The van der Waals surface area contributed by atoms with Crippen LogP contribution in [0.25, 0.3) is 5.52 Å². The van der Waals surface area contributed by atoms with Crippen LogP contribution in [0.3, 0.4) is 0 Å². The van der Waals surface area contributed by atoms with Gasteiger partial charge in [-0.1, -0.05) is 85.4 Å². The van der Waals surface area contributed by atoms with Gasteiger partial charge in [-0.3, -0.25) is 23.7 Å². The Morgan fingerprint density at radius 3 is 2.20 bits per heavy atom. The highest BCUT2D eigenvalue weighted by Crippen LogP contribution is 2.49. The Labute approximate surface area is 343 Å². The van der Waals surface area contributed by atoms with Gasteiger partial charge < -0.3 is 33.9 Å². The van der Waals surface area contributed by atoms with Crippen molar-refractivity contribution in [2.75, 3.05) is 25.6 Å². The first-order chi connectivity index (χ1) is 28.2. The molecule has 3 heterocycles. The van der Waals surface area contributed by atoms with E-state index in [-0.39, 0.29) is 30.5 Å². The molecule has 0 saturated carbocycles. The van der Waals surface area contributed by atoms with E-state index in [2.05, 4.69) is 21.2 Å². The normalized spacial score (nSPS) is 20.4. The summed E-state index contributed by atoms with van der Waals surface area (Å²) in [5, 5.41) is 17.8. The molecule has 1 saturated heterocycles. The van der Waals surface area contributed by atoms with Gasteiger partial charge in [0.15, 0.2) is 18.0 Å². The average molecular weight is 843 g/mol. The molecular formula is C40H55N6O12P. The number of aromatic nitrogens is 3. The summed E-state index contributed by atoms with van der Waals surface area (Å²) in [7, 11) is -4.75. The van der Waals surface area contributed by atoms with Gasteiger partial charge in [-0.15, -0.1) is 0 Å². The zero-order chi connectivity index (χ0) is 43.2. The standard InChI is InChI=1S/C40H55N6O12P/c1-7-9-14-20-52-33(47)22-29(39(50)53-21-15-10-8-2)45-59(51,58-28-16-12-11-13-17-28)54-23-31-34(55-37(48)26(3)4)35(56-38(49)27(5)6)40(24-41,57-31)32-19-18-30-36(42)43-25-44-46(30)32/h11-13,16-19,25-27,29,31,34-35H,7-10,14-15,20-23H2,1-6H3,(H,45,51)(H2,42,43,44)/t29-,31+,34+,35+,40-,59-/m0/s1. The van der Waals surface area contributed by atoms with Crippen molar-refractivity contribution in [3.8, 4) is 11.8 Å². The van der Waals surface area contributed by atoms with Crippen molar-refractivity contribution in [3.63, 3.8) is 0 Å². The van der Waals surface area contributed by atoms with E-state index >= 15 is 0 Å². The highest BCUT2D eigenvalue weighted by atomic mass is 31.2. The number of nitriles is 1. The summed E-state index contributed by atoms with van der Waals surface area (Å²) < 4.78 is 57.2. The number of carbonyl (C=O) groups excluding carboxylic acids is 4. The molecule has 0 radical (unpaired) electrons. The van der Waals surface area contributed by atoms with Crippen LogP contribution in [0.4, 0.5) is 5.82 Å². The molecule has 18 nitrogen and oxygen atoms in total. The van der Waals surface area contributed by atoms with Gasteiger partial charge >= 0.3 is 31.6 Å². The van der Waals surface area contributed by atoms with Gasteiger partial charge in [0, 0.05) is 0 Å². The number of rotatable bonds is 23. The van der Waals surface area contributed by atoms with Crippen LogP contribution in [-0.2, 0) is 57.6 Å². The molecule has 6 atom stereocenters. The number of nitrogens with zero attached hydrogens (tertiary/aromatic N) is 4. The van der Waals surface area contributed by atoms with Crippen LogP contribution in [0.2, 0.25) is 0 Å². The van der Waals surface area contributed by atoms with E-state index in [9.17, 15) is 29.0 Å². The summed E-state index contributed by atoms with van der Waals surface area (Å²) in [5.74, 6) is -4.39. The molecule has 3 aromatic rings. The predicted octanol–water partition coefficient (Wildman–Crippen LogP) is 5.58. The lowest BCUT2D eigenvalue weighted by molar-refractivity contribution is -0.173. The maximum atomic E-state index is 14.9. The number of benzene rings is 1. The molecule has 0 amide bonds. The minimum atomic E-state index is -4.75. The van der Waals surface area contributed by atoms with E-state index in [0.717, 1.165) is 32.0 Å². The van der Waals surface area contributed by atoms with Crippen LogP contribution >= 0.6 is 7.75 Å². The zero-order valence-electron chi connectivity index (χ0n) is 34.4. The van der Waals surface area contributed by atoms with E-state index in [1.807, 2.05) is 13.8 Å². The topological polar surface area (TPSA) is 242 Å². The maximum Gasteiger partial charge on any atom is 0.459 e. The van der Waals surface area contributed by atoms with Gasteiger partial charge in [-0.25, -0.2) is 14.1 Å². The number of unbranched alkanes of at least 4 members (excludes halogenated alkanes) is 4. The van der Waals surface area contributed by atoms with Crippen LogP contribution in [0.5, 0.6) is 5.75 Å². The Morgan fingerprint density at radius 2 is 1.58 bits per heavy atom. The first-order valence-corrected chi connectivity index (χ1v) is 21.4. The van der Waals surface area contributed by atoms with Crippen molar-refractivity contribution >= 4 is 43.0 Å². The van der Waals surface area contributed by atoms with Crippen LogP contribution in [0.1, 0.15) is 92.2 Å². The fourth-order valence-electron chi connectivity index (χ4n) is 5.98. The first-order valence-electron chi connectivity index (χ1n) is 19.9. The SMILES string of the molecule is CCCCCOC(=O)C[C@H](N[P@](=O)(OC[C@H]1O[C@@](C#N)(c2ccc3c(N)ncnn23)[C@H](OC(=O)C(C)C)[C@@H]1OC(=O)C(C)C)Oc1ccccc1)C(=O)OCCCCC. The van der Waals surface area contributed by atoms with Crippen molar-refractivity contribution in [2.24, 2.45) is 11.8 Å². The smallest absolute Gasteiger partial charge is 0.459 e. The number of fused-ring (bicyclic) bond motifs is 1. The number of ether oxygens (including phenoxy) is 5. The summed E-state index contributed by atoms with van der Waals surface area (Å²) in [6, 6.07) is 11.5. The Bertz CT molecular complexity index is 1970. The van der Waals surface area contributed by atoms with E-state index in [4.69, 9.17) is 38.5 Å². The second-order valence-electron chi connectivity index (χ2n) is 14.6. The number of nitrogen functional groups attached to an aromatic ring is 1. The molecule has 0 spiro atoms. The van der Waals surface area contributed by atoms with Crippen molar-refractivity contribution < 1.29 is 56.5 Å². The summed E-state index contributed by atoms with van der Waals surface area (Å²) >= 11 is 0. The quantitative estimate of drug-likeness (QED) is 0.0512. The van der Waals surface area contributed by atoms with Crippen LogP contribution < -0.4 is 15.3 Å². The number of para-hydroxylation sites is 1. The van der Waals surface area contributed by atoms with Gasteiger partial charge in [0.05, 0.1) is 43.8 Å². The molecule has 4 rings (SSSR count). The number of nitrogens with one attached hydrogen (secondary N) is 1. The minimum Gasteiger partial charge on any atom is -0.466 e. The Balaban J connectivity index is 1.77. The van der Waals surface area contributed by atoms with E-state index in [1.54, 1.807) is 45.9 Å². The van der Waals surface area contributed by atoms with Crippen molar-refractivity contribution in [1.29, 1.82) is 5.26 Å². The lowest BCUT2D eigenvalue weighted by atomic mass is 9.92. The highest BCUT2D eigenvalue weighted by molar-refractivity contribution is 7.52. The van der Waals surface area contributed by atoms with Gasteiger partial charge in [-0.2, -0.15) is 15.4 Å². The summed E-state index contributed by atoms with van der Waals surface area (Å²) in [4.78, 5) is 57.1. The maximum absolute atomic E-state index is 14.9. The first kappa shape index (κ1) is 46.6. The van der Waals surface area contributed by atoms with Crippen molar-refractivity contribution in [2.45, 2.75) is 116 Å². The third-order valence-electron chi connectivity index (χ3n) is 9.22. The van der Waals surface area contributed by atoms with Gasteiger partial charge in [-0.05, 0) is 37.1 Å². The molecule has 1 aliphatic rings. The molecule has 0 unspecified atom stereocenters. The van der Waals surface area contributed by atoms with Crippen LogP contribution in [-0.4, -0.2) is 82.6 Å². The fraction of sp³-hybridized carbons (Fsp3) is 0.575. The van der Waals surface area contributed by atoms with Crippen LogP contribution in [0, 0.1) is 23.2 Å². The Hall–Kier alpha value is -5.08. The fourth-order valence-corrected chi connectivity index (χ4v) is 7.48. The third kappa shape index (κ3) is 12.2. The highest BCUT2D eigenvalue weighted by Gasteiger charge is 2.63. The van der Waals surface area contributed by atoms with Gasteiger partial charge in [0.25, 0.3) is 0 Å². The number of nitrogens with two attached hydrogens (primary N) is 1. The zero-order valence-corrected chi connectivity index (χ0v) is 35.3. The number of esters is 4. The lowest BCUT2D eigenvalue weighted by Crippen LogP contribution is -2.47. The molecule has 59 heavy (non-hydrogen) atoms. The third-order valence-corrected chi connectivity index (χ3v) is 10.8. The number of hydrogen-bond acceptors (Lipinski definition) is 16. The largest absolute Gasteiger partial charge is 0.466 e. The molecule has 3 N–H and O–H groups in total. The van der Waals surface area contributed by atoms with Crippen LogP contribution in [0.15, 0.2) is 48.8 Å². The summed E-state index contributed by atoms with van der Waals surface area (Å²) in [6.07, 6.45) is 0.446. The molecule has 1 fully saturated rings. The second kappa shape index (κ2) is 21.8. The Morgan fingerprint density at radius 1 is 0.932 bits per heavy atom. The minimum absolute atomic E-state index is 0.0393. The number of carbonyl (C=O) groups is 4. The lowest BCUT2D eigenvalue weighted by Gasteiger charge is -2.29. The molecule has 2 aromatic heterocycles. The molecular weight excluding hydrogens is 787 g/mol. The molecule has 0 bridgehead atoms. The Kier molecular flexibility index (Phi) is 17.2. The monoisotopic (exact) mass is 842 g/mol. The van der Waals surface area contributed by atoms with E-state index in [1.165, 1.54) is 28.8 Å². The summed E-state index contributed by atoms with van der Waals surface area (Å²) in [6.45, 7) is 9.73. The number of hydrogen-bond donors (Lipinski definition) is 2. The second-order valence-corrected chi connectivity index (χ2v) is 16.3. The predicted molar refractivity (Wildman–Crippen MR) is 212 cm³/mol. The average Bonchev–Trinajstić information content (AvgIpc) is 3.77. The molecule has 1 aliphatic heterocycles. The van der Waals surface area contributed by atoms with Gasteiger partial charge in [0.2, 0.25) is 5.60 Å². The van der Waals surface area contributed by atoms with Crippen molar-refractivity contribution in [3.05, 3.63) is 54.5 Å². The van der Waals surface area contributed by atoms with E-state index < -0.39 is 86.4 Å². The van der Waals surface area contributed by atoms with E-state index in [0.29, 0.717) is 18.4 Å². The van der Waals surface area contributed by atoms with Crippen molar-refractivity contribution in [1.82, 2.24) is 19.7 Å². The molecule has 19 heteroatoms. The summed E-state index contributed by atoms with van der Waals surface area (Å²) in [5.41, 5.74) is 4.22. The molecule has 322 valence electrons.